The average Bonchev–Trinajstić information content (AvgIpc) is 2.71. The minimum atomic E-state index is -0.780. The molecule has 0 radical (unpaired) electrons. The Bertz CT molecular complexity index is 1050. The van der Waals surface area contributed by atoms with E-state index in [2.05, 4.69) is 0 Å². The smallest absolute Gasteiger partial charge is 0.347 e. The van der Waals surface area contributed by atoms with Crippen LogP contribution in [0, 0.1) is 6.92 Å². The largest absolute Gasteiger partial charge is 0.479 e. The fourth-order valence-electron chi connectivity index (χ4n) is 2.60. The van der Waals surface area contributed by atoms with Gasteiger partial charge in [-0.1, -0.05) is 24.6 Å². The van der Waals surface area contributed by atoms with Gasteiger partial charge in [0.2, 0.25) is 11.2 Å². The molecule has 0 bridgehead atoms. The van der Waals surface area contributed by atoms with Crippen molar-refractivity contribution < 1.29 is 23.4 Å². The number of fused-ring (bicyclic) bond motifs is 1. The van der Waals surface area contributed by atoms with E-state index < -0.39 is 12.1 Å². The van der Waals surface area contributed by atoms with Crippen molar-refractivity contribution in [3.05, 3.63) is 64.5 Å². The van der Waals surface area contributed by atoms with E-state index in [0.29, 0.717) is 22.5 Å². The van der Waals surface area contributed by atoms with Crippen LogP contribution in [0.1, 0.15) is 32.8 Å². The quantitative estimate of drug-likeness (QED) is 0.523. The molecule has 0 fully saturated rings. The lowest BCUT2D eigenvalue weighted by molar-refractivity contribution is -0.155. The van der Waals surface area contributed by atoms with Gasteiger partial charge in [0.15, 0.2) is 6.10 Å². The molecule has 0 saturated carbocycles. The summed E-state index contributed by atoms with van der Waals surface area (Å²) in [6.07, 6.45) is 1.05. The Balaban J connectivity index is 1.78. The first-order valence-corrected chi connectivity index (χ1v) is 9.54. The van der Waals surface area contributed by atoms with Gasteiger partial charge < -0.3 is 18.6 Å². The van der Waals surface area contributed by atoms with E-state index in [4.69, 9.17) is 18.6 Å². The molecule has 0 amide bonds. The van der Waals surface area contributed by atoms with E-state index in [-0.39, 0.29) is 17.3 Å². The van der Waals surface area contributed by atoms with Crippen molar-refractivity contribution in [2.24, 2.45) is 0 Å². The maximum Gasteiger partial charge on any atom is 0.347 e. The predicted molar refractivity (Wildman–Crippen MR) is 110 cm³/mol. The Morgan fingerprint density at radius 1 is 1.07 bits per heavy atom. The molecule has 3 rings (SSSR count). The van der Waals surface area contributed by atoms with Crippen molar-refractivity contribution in [1.82, 2.24) is 0 Å². The van der Waals surface area contributed by atoms with Gasteiger partial charge >= 0.3 is 5.97 Å². The Morgan fingerprint density at radius 3 is 2.45 bits per heavy atom. The molecule has 0 spiro atoms. The van der Waals surface area contributed by atoms with Crippen LogP contribution in [0.3, 0.4) is 0 Å². The molecule has 0 aliphatic rings. The molecule has 0 aliphatic carbocycles. The lowest BCUT2D eigenvalue weighted by atomic mass is 10.2. The number of carbonyl (C=O) groups is 1. The maximum absolute atomic E-state index is 12.7. The van der Waals surface area contributed by atoms with Gasteiger partial charge in [-0.2, -0.15) is 0 Å². The highest BCUT2D eigenvalue weighted by molar-refractivity contribution is 5.79. The van der Waals surface area contributed by atoms with Gasteiger partial charge in [0.25, 0.3) is 0 Å². The fraction of sp³-hybridized carbons (Fsp3) is 0.304. The van der Waals surface area contributed by atoms with Crippen LogP contribution in [0.15, 0.2) is 57.9 Å². The Morgan fingerprint density at radius 2 is 1.76 bits per heavy atom. The van der Waals surface area contributed by atoms with Crippen LogP contribution < -0.4 is 14.9 Å². The molecule has 0 saturated heterocycles. The van der Waals surface area contributed by atoms with Gasteiger partial charge in [-0.3, -0.25) is 4.79 Å². The third-order valence-electron chi connectivity index (χ3n) is 4.50. The minimum Gasteiger partial charge on any atom is -0.479 e. The van der Waals surface area contributed by atoms with Gasteiger partial charge in [0.1, 0.15) is 23.3 Å². The lowest BCUT2D eigenvalue weighted by Crippen LogP contribution is -2.29. The normalized spacial score (nSPS) is 13.0. The minimum absolute atomic E-state index is 0.0977. The summed E-state index contributed by atoms with van der Waals surface area (Å²) in [5.41, 5.74) is 1.14. The van der Waals surface area contributed by atoms with Gasteiger partial charge in [0.05, 0.1) is 11.5 Å². The monoisotopic (exact) mass is 396 g/mol. The highest BCUT2D eigenvalue weighted by Crippen LogP contribution is 2.25. The second-order valence-corrected chi connectivity index (χ2v) is 6.92. The zero-order valence-electron chi connectivity index (χ0n) is 16.9. The van der Waals surface area contributed by atoms with Crippen LogP contribution >= 0.6 is 0 Å². The molecule has 0 unspecified atom stereocenters. The van der Waals surface area contributed by atoms with E-state index in [0.717, 1.165) is 12.0 Å². The van der Waals surface area contributed by atoms with Crippen LogP contribution in [0.2, 0.25) is 0 Å². The average molecular weight is 396 g/mol. The third-order valence-corrected chi connectivity index (χ3v) is 4.50. The predicted octanol–water partition coefficient (Wildman–Crippen LogP) is 5.00. The zero-order chi connectivity index (χ0) is 21.0. The van der Waals surface area contributed by atoms with Crippen molar-refractivity contribution in [2.75, 3.05) is 0 Å². The molecule has 152 valence electrons. The van der Waals surface area contributed by atoms with E-state index >= 15 is 0 Å². The highest BCUT2D eigenvalue weighted by atomic mass is 16.6. The molecule has 2 atom stereocenters. The molecule has 6 heteroatoms. The van der Waals surface area contributed by atoms with Crippen molar-refractivity contribution in [1.29, 1.82) is 0 Å². The second kappa shape index (κ2) is 8.82. The molecule has 29 heavy (non-hydrogen) atoms. The van der Waals surface area contributed by atoms with Gasteiger partial charge in [-0.15, -0.1) is 0 Å². The summed E-state index contributed by atoms with van der Waals surface area (Å²) in [5, 5.41) is 0.358. The summed E-state index contributed by atoms with van der Waals surface area (Å²) in [4.78, 5) is 24.7. The summed E-state index contributed by atoms with van der Waals surface area (Å²) in [5.74, 6) is 0.612. The number of carbonyl (C=O) groups excluding carboxylic acids is 1. The molecular weight excluding hydrogens is 372 g/mol. The van der Waals surface area contributed by atoms with Gasteiger partial charge in [0, 0.05) is 6.07 Å². The standard InChI is InChI=1S/C23H24O6/c1-5-15(3)27-23(25)16(4)28-18-10-11-19-20(12-18)26-13-21(22(19)24)29-17-8-6-14(2)7-9-17/h6-13,15-16H,5H2,1-4H3/t15-,16+/m0/s1. The van der Waals surface area contributed by atoms with Crippen molar-refractivity contribution in [2.45, 2.75) is 46.3 Å². The van der Waals surface area contributed by atoms with Crippen molar-refractivity contribution in [3.63, 3.8) is 0 Å². The molecular formula is C23H24O6. The topological polar surface area (TPSA) is 75.0 Å². The van der Waals surface area contributed by atoms with Gasteiger partial charge in [-0.05, 0) is 51.5 Å². The summed E-state index contributed by atoms with van der Waals surface area (Å²) in [6.45, 7) is 7.35. The number of hydrogen-bond donors (Lipinski definition) is 0. The molecule has 0 N–H and O–H groups in total. The summed E-state index contributed by atoms with van der Waals surface area (Å²) < 4.78 is 22.1. The maximum atomic E-state index is 12.7. The molecule has 6 nitrogen and oxygen atoms in total. The third kappa shape index (κ3) is 4.96. The number of hydrogen-bond acceptors (Lipinski definition) is 6. The number of rotatable bonds is 7. The van der Waals surface area contributed by atoms with Crippen LogP contribution in [-0.4, -0.2) is 18.2 Å². The van der Waals surface area contributed by atoms with E-state index in [9.17, 15) is 9.59 Å². The molecule has 0 aliphatic heterocycles. The first-order valence-electron chi connectivity index (χ1n) is 9.54. The number of ether oxygens (including phenoxy) is 3. The van der Waals surface area contributed by atoms with E-state index in [1.807, 2.05) is 32.9 Å². The second-order valence-electron chi connectivity index (χ2n) is 6.92. The zero-order valence-corrected chi connectivity index (χ0v) is 16.9. The Hall–Kier alpha value is -3.28. The summed E-state index contributed by atoms with van der Waals surface area (Å²) >= 11 is 0. The SMILES string of the molecule is CC[C@H](C)OC(=O)[C@@H](C)Oc1ccc2c(=O)c(Oc3ccc(C)cc3)coc2c1. The lowest BCUT2D eigenvalue weighted by Gasteiger charge is -2.17. The summed E-state index contributed by atoms with van der Waals surface area (Å²) in [7, 11) is 0. The van der Waals surface area contributed by atoms with Crippen LogP contribution in [0.25, 0.3) is 11.0 Å². The van der Waals surface area contributed by atoms with Crippen LogP contribution in [0.5, 0.6) is 17.2 Å². The summed E-state index contributed by atoms with van der Waals surface area (Å²) in [6, 6.07) is 12.1. The molecule has 1 aromatic heterocycles. The Labute approximate surface area is 169 Å². The van der Waals surface area contributed by atoms with Crippen molar-refractivity contribution >= 4 is 16.9 Å². The number of benzene rings is 2. The number of esters is 1. The first kappa shape index (κ1) is 20.5. The molecule has 2 aromatic carbocycles. The Kier molecular flexibility index (Phi) is 6.22. The molecule has 3 aromatic rings. The fourth-order valence-corrected chi connectivity index (χ4v) is 2.60. The number of aryl methyl sites for hydroxylation is 1. The first-order chi connectivity index (χ1) is 13.9. The van der Waals surface area contributed by atoms with E-state index in [1.165, 1.54) is 6.26 Å². The van der Waals surface area contributed by atoms with Crippen LogP contribution in [-0.2, 0) is 9.53 Å². The molecule has 1 heterocycles. The van der Waals surface area contributed by atoms with Gasteiger partial charge in [-0.25, -0.2) is 4.79 Å². The van der Waals surface area contributed by atoms with Crippen molar-refractivity contribution in [3.8, 4) is 17.2 Å². The highest BCUT2D eigenvalue weighted by Gasteiger charge is 2.19. The van der Waals surface area contributed by atoms with E-state index in [1.54, 1.807) is 37.3 Å². The van der Waals surface area contributed by atoms with Crippen LogP contribution in [0.4, 0.5) is 0 Å².